The zero-order valence-electron chi connectivity index (χ0n) is 9.29. The van der Waals surface area contributed by atoms with Crippen LogP contribution in [-0.4, -0.2) is 0 Å². The SMILES string of the molecule is NCc1cccc(Cc2cc(Br)ccc2F)c1. The average Bonchev–Trinajstić information content (AvgIpc) is 2.34. The molecule has 0 amide bonds. The van der Waals surface area contributed by atoms with Gasteiger partial charge in [0, 0.05) is 17.4 Å². The number of hydrogen-bond acceptors (Lipinski definition) is 1. The van der Waals surface area contributed by atoms with E-state index in [0.717, 1.165) is 15.6 Å². The molecule has 17 heavy (non-hydrogen) atoms. The molecular formula is C14H13BrFN. The van der Waals surface area contributed by atoms with Gasteiger partial charge in [0.1, 0.15) is 5.82 Å². The topological polar surface area (TPSA) is 26.0 Å². The second-order valence-electron chi connectivity index (χ2n) is 3.94. The zero-order chi connectivity index (χ0) is 12.3. The second kappa shape index (κ2) is 5.43. The minimum atomic E-state index is -0.175. The second-order valence-corrected chi connectivity index (χ2v) is 4.85. The maximum absolute atomic E-state index is 13.6. The van der Waals surface area contributed by atoms with Crippen LogP contribution in [0.5, 0.6) is 0 Å². The van der Waals surface area contributed by atoms with E-state index in [9.17, 15) is 4.39 Å². The molecule has 0 aliphatic carbocycles. The van der Waals surface area contributed by atoms with E-state index in [0.29, 0.717) is 18.5 Å². The van der Waals surface area contributed by atoms with Crippen molar-refractivity contribution in [1.82, 2.24) is 0 Å². The Bertz CT molecular complexity index is 525. The molecule has 0 saturated carbocycles. The van der Waals surface area contributed by atoms with E-state index in [1.54, 1.807) is 6.07 Å². The molecule has 0 atom stereocenters. The lowest BCUT2D eigenvalue weighted by atomic mass is 10.0. The number of benzene rings is 2. The van der Waals surface area contributed by atoms with Crippen molar-refractivity contribution in [2.75, 3.05) is 0 Å². The Morgan fingerprint density at radius 3 is 2.59 bits per heavy atom. The summed E-state index contributed by atoms with van der Waals surface area (Å²) < 4.78 is 14.5. The quantitative estimate of drug-likeness (QED) is 0.919. The highest BCUT2D eigenvalue weighted by atomic mass is 79.9. The van der Waals surface area contributed by atoms with Crippen molar-refractivity contribution >= 4 is 15.9 Å². The molecule has 1 nitrogen and oxygen atoms in total. The number of halogens is 2. The van der Waals surface area contributed by atoms with Crippen LogP contribution in [0, 0.1) is 5.82 Å². The summed E-state index contributed by atoms with van der Waals surface area (Å²) in [5.41, 5.74) is 8.41. The third-order valence-electron chi connectivity index (χ3n) is 2.63. The third kappa shape index (κ3) is 3.14. The molecule has 0 aliphatic heterocycles. The molecule has 2 N–H and O–H groups in total. The van der Waals surface area contributed by atoms with Crippen molar-refractivity contribution in [2.24, 2.45) is 5.73 Å². The van der Waals surface area contributed by atoms with E-state index in [-0.39, 0.29) is 5.82 Å². The smallest absolute Gasteiger partial charge is 0.126 e. The fraction of sp³-hybridized carbons (Fsp3) is 0.143. The Morgan fingerprint density at radius 2 is 1.82 bits per heavy atom. The molecule has 2 aromatic carbocycles. The highest BCUT2D eigenvalue weighted by Crippen LogP contribution is 2.19. The van der Waals surface area contributed by atoms with Gasteiger partial charge in [-0.2, -0.15) is 0 Å². The number of rotatable bonds is 3. The summed E-state index contributed by atoms with van der Waals surface area (Å²) >= 11 is 3.35. The predicted molar refractivity (Wildman–Crippen MR) is 71.2 cm³/mol. The fourth-order valence-corrected chi connectivity index (χ4v) is 2.17. The fourth-order valence-electron chi connectivity index (χ4n) is 1.77. The molecule has 0 radical (unpaired) electrons. The van der Waals surface area contributed by atoms with Crippen LogP contribution in [0.2, 0.25) is 0 Å². The van der Waals surface area contributed by atoms with Crippen LogP contribution in [0.25, 0.3) is 0 Å². The zero-order valence-corrected chi connectivity index (χ0v) is 10.9. The van der Waals surface area contributed by atoms with Gasteiger partial charge in [-0.15, -0.1) is 0 Å². The summed E-state index contributed by atoms with van der Waals surface area (Å²) in [5, 5.41) is 0. The molecule has 0 unspecified atom stereocenters. The molecule has 0 saturated heterocycles. The summed E-state index contributed by atoms with van der Waals surface area (Å²) in [7, 11) is 0. The van der Waals surface area contributed by atoms with E-state index in [2.05, 4.69) is 15.9 Å². The maximum Gasteiger partial charge on any atom is 0.126 e. The van der Waals surface area contributed by atoms with E-state index < -0.39 is 0 Å². The Kier molecular flexibility index (Phi) is 3.92. The van der Waals surface area contributed by atoms with Gasteiger partial charge < -0.3 is 5.73 Å². The molecule has 0 aromatic heterocycles. The number of hydrogen-bond donors (Lipinski definition) is 1. The number of nitrogens with two attached hydrogens (primary N) is 1. The summed E-state index contributed by atoms with van der Waals surface area (Å²) in [6.07, 6.45) is 0.582. The molecule has 88 valence electrons. The molecule has 0 bridgehead atoms. The lowest BCUT2D eigenvalue weighted by molar-refractivity contribution is 0.613. The Hall–Kier alpha value is -1.19. The first-order chi connectivity index (χ1) is 8.19. The van der Waals surface area contributed by atoms with Crippen LogP contribution in [0.4, 0.5) is 4.39 Å². The largest absolute Gasteiger partial charge is 0.326 e. The summed E-state index contributed by atoms with van der Waals surface area (Å²) in [5.74, 6) is -0.175. The van der Waals surface area contributed by atoms with Crippen LogP contribution >= 0.6 is 15.9 Å². The van der Waals surface area contributed by atoms with Gasteiger partial charge in [-0.1, -0.05) is 40.2 Å². The van der Waals surface area contributed by atoms with Crippen molar-refractivity contribution in [3.8, 4) is 0 Å². The Labute approximate surface area is 109 Å². The molecule has 0 heterocycles. The standard InChI is InChI=1S/C14H13BrFN/c15-13-4-5-14(16)12(8-13)7-10-2-1-3-11(6-10)9-17/h1-6,8H,7,9,17H2. The molecule has 0 fully saturated rings. The lowest BCUT2D eigenvalue weighted by Crippen LogP contribution is -1.98. The van der Waals surface area contributed by atoms with E-state index in [1.165, 1.54) is 6.07 Å². The summed E-state index contributed by atoms with van der Waals surface area (Å²) in [6, 6.07) is 12.9. The first-order valence-electron chi connectivity index (χ1n) is 5.41. The van der Waals surface area contributed by atoms with Crippen molar-refractivity contribution in [3.63, 3.8) is 0 Å². The summed E-state index contributed by atoms with van der Waals surface area (Å²) in [6.45, 7) is 0.509. The highest BCUT2D eigenvalue weighted by molar-refractivity contribution is 9.10. The van der Waals surface area contributed by atoms with Crippen LogP contribution in [0.1, 0.15) is 16.7 Å². The minimum Gasteiger partial charge on any atom is -0.326 e. The maximum atomic E-state index is 13.6. The first-order valence-corrected chi connectivity index (χ1v) is 6.20. The minimum absolute atomic E-state index is 0.175. The molecule has 3 heteroatoms. The van der Waals surface area contributed by atoms with Gasteiger partial charge in [0.05, 0.1) is 0 Å². The third-order valence-corrected chi connectivity index (χ3v) is 3.12. The van der Waals surface area contributed by atoms with Crippen molar-refractivity contribution in [1.29, 1.82) is 0 Å². The lowest BCUT2D eigenvalue weighted by Gasteiger charge is -2.06. The van der Waals surface area contributed by atoms with Crippen molar-refractivity contribution in [2.45, 2.75) is 13.0 Å². The molecule has 2 aromatic rings. The first kappa shape index (κ1) is 12.3. The normalized spacial score (nSPS) is 10.5. The van der Waals surface area contributed by atoms with Crippen LogP contribution in [0.15, 0.2) is 46.9 Å². The van der Waals surface area contributed by atoms with Crippen LogP contribution in [-0.2, 0) is 13.0 Å². The van der Waals surface area contributed by atoms with E-state index in [1.807, 2.05) is 30.3 Å². The van der Waals surface area contributed by atoms with Gasteiger partial charge in [0.2, 0.25) is 0 Å². The predicted octanol–water partition coefficient (Wildman–Crippen LogP) is 3.64. The van der Waals surface area contributed by atoms with Gasteiger partial charge >= 0.3 is 0 Å². The highest BCUT2D eigenvalue weighted by Gasteiger charge is 2.04. The molecular weight excluding hydrogens is 281 g/mol. The molecule has 2 rings (SSSR count). The summed E-state index contributed by atoms with van der Waals surface area (Å²) in [4.78, 5) is 0. The molecule has 0 aliphatic rings. The van der Waals surface area contributed by atoms with Gasteiger partial charge in [-0.25, -0.2) is 4.39 Å². The van der Waals surface area contributed by atoms with Gasteiger partial charge in [0.25, 0.3) is 0 Å². The van der Waals surface area contributed by atoms with Crippen LogP contribution in [0.3, 0.4) is 0 Å². The van der Waals surface area contributed by atoms with Crippen LogP contribution < -0.4 is 5.73 Å². The van der Waals surface area contributed by atoms with Crippen molar-refractivity contribution < 1.29 is 4.39 Å². The monoisotopic (exact) mass is 293 g/mol. The van der Waals surface area contributed by atoms with E-state index in [4.69, 9.17) is 5.73 Å². The van der Waals surface area contributed by atoms with E-state index >= 15 is 0 Å². The van der Waals surface area contributed by atoms with Crippen molar-refractivity contribution in [3.05, 3.63) is 69.4 Å². The van der Waals surface area contributed by atoms with Gasteiger partial charge in [-0.05, 0) is 34.9 Å². The van der Waals surface area contributed by atoms with Gasteiger partial charge in [-0.3, -0.25) is 0 Å². The Morgan fingerprint density at radius 1 is 1.06 bits per heavy atom. The molecule has 0 spiro atoms. The average molecular weight is 294 g/mol. The Balaban J connectivity index is 2.27. The van der Waals surface area contributed by atoms with Gasteiger partial charge in [0.15, 0.2) is 0 Å².